The number of nitrogens with one attached hydrogen (secondary N) is 1. The smallest absolute Gasteiger partial charge is 0.230 e. The number of amides is 1. The third-order valence-corrected chi connectivity index (χ3v) is 4.97. The Kier molecular flexibility index (Phi) is 5.15. The number of hydrogen-bond acceptors (Lipinski definition) is 4. The highest BCUT2D eigenvalue weighted by Crippen LogP contribution is 2.26. The van der Waals surface area contributed by atoms with Crippen LogP contribution in [0.15, 0.2) is 63.2 Å². The molecule has 0 atom stereocenters. The summed E-state index contributed by atoms with van der Waals surface area (Å²) >= 11 is 2.98. The number of furan rings is 1. The average molecular weight is 347 g/mol. The summed E-state index contributed by atoms with van der Waals surface area (Å²) in [5, 5.41) is 4.81. The lowest BCUT2D eigenvalue weighted by atomic mass is 10.3. The van der Waals surface area contributed by atoms with E-state index < -0.39 is 0 Å². The summed E-state index contributed by atoms with van der Waals surface area (Å²) < 4.78 is 18.5. The molecule has 3 aromatic rings. The van der Waals surface area contributed by atoms with Crippen LogP contribution in [-0.4, -0.2) is 11.7 Å². The van der Waals surface area contributed by atoms with Crippen LogP contribution in [0.3, 0.4) is 0 Å². The first-order valence-electron chi connectivity index (χ1n) is 6.98. The van der Waals surface area contributed by atoms with Crippen LogP contribution in [0.2, 0.25) is 0 Å². The fraction of sp³-hybridized carbons (Fsp3) is 0.118. The van der Waals surface area contributed by atoms with E-state index in [0.717, 1.165) is 15.5 Å². The molecule has 1 N–H and O–H groups in total. The molecule has 0 saturated carbocycles. The molecule has 0 unspecified atom stereocenters. The van der Waals surface area contributed by atoms with Crippen molar-refractivity contribution < 1.29 is 13.6 Å². The van der Waals surface area contributed by atoms with Gasteiger partial charge in [-0.1, -0.05) is 6.07 Å². The molecule has 6 heteroatoms. The van der Waals surface area contributed by atoms with Gasteiger partial charge in [-0.15, -0.1) is 23.1 Å². The van der Waals surface area contributed by atoms with Crippen LogP contribution in [0.4, 0.5) is 4.39 Å². The van der Waals surface area contributed by atoms with Crippen LogP contribution in [0, 0.1) is 5.82 Å². The van der Waals surface area contributed by atoms with Crippen molar-refractivity contribution in [3.8, 4) is 10.6 Å². The molecule has 0 aliphatic carbocycles. The second-order valence-electron chi connectivity index (χ2n) is 4.76. The first-order valence-corrected chi connectivity index (χ1v) is 8.85. The molecular weight excluding hydrogens is 333 g/mol. The summed E-state index contributed by atoms with van der Waals surface area (Å²) in [7, 11) is 0. The van der Waals surface area contributed by atoms with Crippen LogP contribution in [0.1, 0.15) is 5.76 Å². The Balaban J connectivity index is 1.46. The standard InChI is InChI=1S/C17H14FNO2S2/c18-12-3-6-14(7-4-12)23-11-17(20)19-10-13-5-8-15(21-13)16-2-1-9-22-16/h1-9H,10-11H2,(H,19,20). The molecule has 118 valence electrons. The van der Waals surface area contributed by atoms with E-state index in [0.29, 0.717) is 12.3 Å². The zero-order valence-corrected chi connectivity index (χ0v) is 13.8. The summed E-state index contributed by atoms with van der Waals surface area (Å²) in [4.78, 5) is 13.8. The van der Waals surface area contributed by atoms with Crippen LogP contribution >= 0.6 is 23.1 Å². The van der Waals surface area contributed by atoms with Crippen molar-refractivity contribution >= 4 is 29.0 Å². The monoisotopic (exact) mass is 347 g/mol. The van der Waals surface area contributed by atoms with Gasteiger partial charge in [0.25, 0.3) is 0 Å². The van der Waals surface area contributed by atoms with E-state index in [1.807, 2.05) is 29.6 Å². The van der Waals surface area contributed by atoms with Crippen molar-refractivity contribution in [1.29, 1.82) is 0 Å². The van der Waals surface area contributed by atoms with Crippen molar-refractivity contribution in [2.45, 2.75) is 11.4 Å². The van der Waals surface area contributed by atoms with Crippen LogP contribution < -0.4 is 5.32 Å². The molecule has 0 aliphatic rings. The molecule has 0 bridgehead atoms. The number of halogens is 1. The summed E-state index contributed by atoms with van der Waals surface area (Å²) in [5.74, 6) is 1.44. The van der Waals surface area contributed by atoms with E-state index in [4.69, 9.17) is 4.42 Å². The topological polar surface area (TPSA) is 42.2 Å². The van der Waals surface area contributed by atoms with Crippen molar-refractivity contribution in [3.63, 3.8) is 0 Å². The lowest BCUT2D eigenvalue weighted by Gasteiger charge is -2.03. The predicted molar refractivity (Wildman–Crippen MR) is 91.0 cm³/mol. The molecule has 0 aliphatic heterocycles. The third-order valence-electron chi connectivity index (χ3n) is 3.07. The number of benzene rings is 1. The van der Waals surface area contributed by atoms with E-state index >= 15 is 0 Å². The van der Waals surface area contributed by atoms with Crippen LogP contribution in [0.25, 0.3) is 10.6 Å². The minimum atomic E-state index is -0.279. The van der Waals surface area contributed by atoms with Crippen LogP contribution in [0.5, 0.6) is 0 Å². The number of carbonyl (C=O) groups excluding carboxylic acids is 1. The van der Waals surface area contributed by atoms with E-state index in [1.54, 1.807) is 23.5 Å². The van der Waals surface area contributed by atoms with Crippen molar-refractivity contribution in [2.24, 2.45) is 0 Å². The second kappa shape index (κ2) is 7.48. The first kappa shape index (κ1) is 15.8. The zero-order valence-electron chi connectivity index (χ0n) is 12.1. The van der Waals surface area contributed by atoms with E-state index in [1.165, 1.54) is 23.9 Å². The minimum absolute atomic E-state index is 0.0894. The fourth-order valence-electron chi connectivity index (χ4n) is 1.94. The van der Waals surface area contributed by atoms with Crippen molar-refractivity contribution in [3.05, 3.63) is 65.5 Å². The lowest BCUT2D eigenvalue weighted by molar-refractivity contribution is -0.118. The molecule has 1 aromatic carbocycles. The largest absolute Gasteiger partial charge is 0.458 e. The maximum Gasteiger partial charge on any atom is 0.230 e. The number of carbonyl (C=O) groups is 1. The molecule has 3 nitrogen and oxygen atoms in total. The summed E-state index contributed by atoms with van der Waals surface area (Å²) in [6.07, 6.45) is 0. The normalized spacial score (nSPS) is 10.7. The maximum absolute atomic E-state index is 12.8. The Morgan fingerprint density at radius 2 is 2.00 bits per heavy atom. The van der Waals surface area contributed by atoms with Gasteiger partial charge in [0.2, 0.25) is 5.91 Å². The molecule has 0 radical (unpaired) electrons. The Morgan fingerprint density at radius 1 is 1.17 bits per heavy atom. The maximum atomic E-state index is 12.8. The van der Waals surface area contributed by atoms with Gasteiger partial charge in [0.15, 0.2) is 0 Å². The Bertz CT molecular complexity index is 766. The number of rotatable bonds is 6. The van der Waals surface area contributed by atoms with Gasteiger partial charge >= 0.3 is 0 Å². The molecule has 23 heavy (non-hydrogen) atoms. The molecule has 0 spiro atoms. The number of thioether (sulfide) groups is 1. The van der Waals surface area contributed by atoms with Gasteiger partial charge in [-0.2, -0.15) is 0 Å². The summed E-state index contributed by atoms with van der Waals surface area (Å²) in [6, 6.07) is 13.8. The highest BCUT2D eigenvalue weighted by atomic mass is 32.2. The summed E-state index contributed by atoms with van der Waals surface area (Å²) in [5.41, 5.74) is 0. The quantitative estimate of drug-likeness (QED) is 0.665. The Labute approximate surface area is 141 Å². The highest BCUT2D eigenvalue weighted by molar-refractivity contribution is 8.00. The minimum Gasteiger partial charge on any atom is -0.458 e. The molecule has 3 rings (SSSR count). The molecule has 1 amide bonds. The Hall–Kier alpha value is -2.05. The summed E-state index contributed by atoms with van der Waals surface area (Å²) in [6.45, 7) is 0.355. The lowest BCUT2D eigenvalue weighted by Crippen LogP contribution is -2.24. The van der Waals surface area contributed by atoms with E-state index in [-0.39, 0.29) is 17.5 Å². The van der Waals surface area contributed by atoms with Gasteiger partial charge < -0.3 is 9.73 Å². The molecule has 2 aromatic heterocycles. The molecule has 0 saturated heterocycles. The Morgan fingerprint density at radius 3 is 2.74 bits per heavy atom. The molecule has 2 heterocycles. The first-order chi connectivity index (χ1) is 11.2. The van der Waals surface area contributed by atoms with Crippen molar-refractivity contribution in [2.75, 3.05) is 5.75 Å². The van der Waals surface area contributed by atoms with Crippen LogP contribution in [-0.2, 0) is 11.3 Å². The number of thiophene rings is 1. The fourth-order valence-corrected chi connectivity index (χ4v) is 3.36. The highest BCUT2D eigenvalue weighted by Gasteiger charge is 2.08. The van der Waals surface area contributed by atoms with E-state index in [9.17, 15) is 9.18 Å². The number of hydrogen-bond donors (Lipinski definition) is 1. The molecule has 0 fully saturated rings. The van der Waals surface area contributed by atoms with Gasteiger partial charge in [0, 0.05) is 4.90 Å². The second-order valence-corrected chi connectivity index (χ2v) is 6.76. The third kappa shape index (κ3) is 4.46. The van der Waals surface area contributed by atoms with Gasteiger partial charge in [-0.3, -0.25) is 4.79 Å². The zero-order chi connectivity index (χ0) is 16.1. The van der Waals surface area contributed by atoms with E-state index in [2.05, 4.69) is 5.32 Å². The van der Waals surface area contributed by atoms with Gasteiger partial charge in [0.05, 0.1) is 17.2 Å². The SMILES string of the molecule is O=C(CSc1ccc(F)cc1)NCc1ccc(-c2cccs2)o1. The van der Waals surface area contributed by atoms with Gasteiger partial charge in [-0.05, 0) is 47.8 Å². The van der Waals surface area contributed by atoms with Gasteiger partial charge in [0.1, 0.15) is 17.3 Å². The average Bonchev–Trinajstić information content (AvgIpc) is 3.23. The van der Waals surface area contributed by atoms with Gasteiger partial charge in [-0.25, -0.2) is 4.39 Å². The van der Waals surface area contributed by atoms with Crippen molar-refractivity contribution in [1.82, 2.24) is 5.32 Å². The predicted octanol–water partition coefficient (Wildman–Crippen LogP) is 4.56. The molecular formula is C17H14FNO2S2.